The van der Waals surface area contributed by atoms with E-state index in [0.29, 0.717) is 12.2 Å². The largest absolute Gasteiger partial charge is 0.477 e. The molecule has 0 N–H and O–H groups in total. The molecule has 1 aromatic carbocycles. The van der Waals surface area contributed by atoms with Crippen LogP contribution >= 0.6 is 26.6 Å². The molecule has 0 aromatic heterocycles. The van der Waals surface area contributed by atoms with Crippen molar-refractivity contribution in [2.24, 2.45) is 0 Å². The number of ether oxygens (including phenoxy) is 1. The van der Waals surface area contributed by atoms with Crippen LogP contribution in [0, 0.1) is 0 Å². The lowest BCUT2D eigenvalue weighted by atomic mass is 10.2. The first kappa shape index (κ1) is 10.3. The Morgan fingerprint density at radius 1 is 1.50 bits per heavy atom. The van der Waals surface area contributed by atoms with Crippen molar-refractivity contribution >= 4 is 35.7 Å². The van der Waals surface area contributed by atoms with Crippen LogP contribution < -0.4 is 4.74 Å². The smallest absolute Gasteiger partial charge is 0.264 e. The van der Waals surface area contributed by atoms with Gasteiger partial charge in [-0.1, -0.05) is 12.1 Å². The molecule has 0 bridgehead atoms. The number of hydrogen-bond acceptors (Lipinski definition) is 3. The summed E-state index contributed by atoms with van der Waals surface area (Å²) in [6, 6.07) is 4.91. The molecule has 0 saturated heterocycles. The maximum Gasteiger partial charge on any atom is 0.264 e. The van der Waals surface area contributed by atoms with Crippen molar-refractivity contribution in [3.63, 3.8) is 0 Å². The third kappa shape index (κ3) is 1.76. The first-order valence-corrected chi connectivity index (χ1v) is 7.08. The highest BCUT2D eigenvalue weighted by molar-refractivity contribution is 9.09. The fraction of sp³-hybridized carbons (Fsp3) is 0.250. The highest BCUT2D eigenvalue weighted by atomic mass is 79.9. The highest BCUT2D eigenvalue weighted by Crippen LogP contribution is 2.37. The third-order valence-corrected chi connectivity index (χ3v) is 3.81. The van der Waals surface area contributed by atoms with E-state index in [1.54, 1.807) is 6.07 Å². The molecule has 1 heterocycles. The molecule has 2 rings (SSSR count). The lowest BCUT2D eigenvalue weighted by Crippen LogP contribution is -2.02. The van der Waals surface area contributed by atoms with Gasteiger partial charge in [-0.3, -0.25) is 0 Å². The summed E-state index contributed by atoms with van der Waals surface area (Å²) in [6.45, 7) is 0. The average molecular weight is 298 g/mol. The molecule has 0 aliphatic carbocycles. The first-order chi connectivity index (χ1) is 6.48. The number of para-hydroxylation sites is 1. The molecule has 1 aliphatic heterocycles. The second-order valence-corrected chi connectivity index (χ2v) is 6.47. The van der Waals surface area contributed by atoms with Gasteiger partial charge in [-0.05, 0) is 22.0 Å². The van der Waals surface area contributed by atoms with Crippen LogP contribution in [0.3, 0.4) is 0 Å². The van der Waals surface area contributed by atoms with Crippen LogP contribution in [0.1, 0.15) is 5.56 Å². The van der Waals surface area contributed by atoms with Gasteiger partial charge in [0.05, 0.1) is 0 Å². The quantitative estimate of drug-likeness (QED) is 0.590. The summed E-state index contributed by atoms with van der Waals surface area (Å²) in [5.41, 5.74) is 0.855. The first-order valence-electron chi connectivity index (χ1n) is 3.86. The number of benzene rings is 1. The third-order valence-electron chi connectivity index (χ3n) is 1.95. The minimum Gasteiger partial charge on any atom is -0.477 e. The fourth-order valence-electron chi connectivity index (χ4n) is 1.39. The zero-order valence-electron chi connectivity index (χ0n) is 6.91. The Balaban J connectivity index is 2.62. The zero-order chi connectivity index (χ0) is 10.3. The van der Waals surface area contributed by atoms with Gasteiger partial charge < -0.3 is 4.74 Å². The van der Waals surface area contributed by atoms with Gasteiger partial charge >= 0.3 is 0 Å². The van der Waals surface area contributed by atoms with Crippen LogP contribution in [0.15, 0.2) is 23.1 Å². The summed E-state index contributed by atoms with van der Waals surface area (Å²) in [6.07, 6.45) is 0.648. The van der Waals surface area contributed by atoms with E-state index in [-0.39, 0.29) is 9.91 Å². The van der Waals surface area contributed by atoms with Crippen molar-refractivity contribution in [1.82, 2.24) is 0 Å². The van der Waals surface area contributed by atoms with E-state index in [2.05, 4.69) is 15.9 Å². The molecule has 1 aromatic rings. The average Bonchev–Trinajstić information content (AvgIpc) is 2.41. The molecule has 1 atom stereocenters. The topological polar surface area (TPSA) is 43.4 Å². The second-order valence-electron chi connectivity index (χ2n) is 2.91. The van der Waals surface area contributed by atoms with Gasteiger partial charge in [0.1, 0.15) is 10.6 Å². The van der Waals surface area contributed by atoms with Crippen LogP contribution in [0.2, 0.25) is 0 Å². The van der Waals surface area contributed by atoms with Crippen LogP contribution in [-0.4, -0.2) is 13.4 Å². The summed E-state index contributed by atoms with van der Waals surface area (Å²) in [5.74, 6) is 0.365. The molecular weight excluding hydrogens is 292 g/mol. The summed E-state index contributed by atoms with van der Waals surface area (Å²) in [5, 5.41) is -0.169. The SMILES string of the molecule is O=S(=O)(Cl)c1cccc2c1OC(Br)C2. The van der Waals surface area contributed by atoms with Crippen molar-refractivity contribution in [3.8, 4) is 5.75 Å². The Labute approximate surface area is 94.6 Å². The molecule has 6 heteroatoms. The molecule has 0 radical (unpaired) electrons. The van der Waals surface area contributed by atoms with Gasteiger partial charge in [0.25, 0.3) is 9.05 Å². The van der Waals surface area contributed by atoms with Gasteiger partial charge in [0.15, 0.2) is 5.01 Å². The van der Waals surface area contributed by atoms with Crippen LogP contribution in [-0.2, 0) is 15.5 Å². The van der Waals surface area contributed by atoms with Crippen LogP contribution in [0.25, 0.3) is 0 Å². The van der Waals surface area contributed by atoms with Gasteiger partial charge in [0.2, 0.25) is 0 Å². The Bertz CT molecular complexity index is 471. The molecule has 0 spiro atoms. The van der Waals surface area contributed by atoms with Gasteiger partial charge in [-0.2, -0.15) is 0 Å². The lowest BCUT2D eigenvalue weighted by molar-refractivity contribution is 0.322. The fourth-order valence-corrected chi connectivity index (χ4v) is 2.93. The van der Waals surface area contributed by atoms with E-state index < -0.39 is 9.05 Å². The molecule has 0 amide bonds. The highest BCUT2D eigenvalue weighted by Gasteiger charge is 2.27. The number of alkyl halides is 1. The van der Waals surface area contributed by atoms with Crippen LogP contribution in [0.4, 0.5) is 0 Å². The van der Waals surface area contributed by atoms with E-state index in [1.165, 1.54) is 6.07 Å². The Morgan fingerprint density at radius 2 is 2.21 bits per heavy atom. The van der Waals surface area contributed by atoms with Gasteiger partial charge in [-0.25, -0.2) is 8.42 Å². The lowest BCUT2D eigenvalue weighted by Gasteiger charge is -2.05. The van der Waals surface area contributed by atoms with E-state index >= 15 is 0 Å². The minimum atomic E-state index is -3.73. The maximum atomic E-state index is 11.2. The van der Waals surface area contributed by atoms with Gasteiger partial charge in [-0.15, -0.1) is 0 Å². The molecule has 0 saturated carbocycles. The summed E-state index contributed by atoms with van der Waals surface area (Å²) >= 11 is 3.26. The summed E-state index contributed by atoms with van der Waals surface area (Å²) < 4.78 is 27.7. The van der Waals surface area contributed by atoms with E-state index in [4.69, 9.17) is 15.4 Å². The van der Waals surface area contributed by atoms with Crippen molar-refractivity contribution in [2.75, 3.05) is 0 Å². The molecular formula is C8H6BrClO3S. The molecule has 0 fully saturated rings. The number of rotatable bonds is 1. The predicted octanol–water partition coefficient (Wildman–Crippen LogP) is 2.27. The van der Waals surface area contributed by atoms with Crippen molar-refractivity contribution in [1.29, 1.82) is 0 Å². The van der Waals surface area contributed by atoms with Crippen molar-refractivity contribution in [3.05, 3.63) is 23.8 Å². The number of halogens is 2. The second kappa shape index (κ2) is 3.40. The predicted molar refractivity (Wildman–Crippen MR) is 56.5 cm³/mol. The standard InChI is InChI=1S/C8H6BrClO3S/c9-7-4-5-2-1-3-6(8(5)13-7)14(10,11)12/h1-3,7H,4H2. The number of hydrogen-bond donors (Lipinski definition) is 0. The zero-order valence-corrected chi connectivity index (χ0v) is 10.1. The molecule has 76 valence electrons. The van der Waals surface area contributed by atoms with E-state index in [1.807, 2.05) is 6.07 Å². The summed E-state index contributed by atoms with van der Waals surface area (Å²) in [7, 11) is 1.54. The minimum absolute atomic E-state index is 0.0404. The Morgan fingerprint density at radius 3 is 2.86 bits per heavy atom. The Hall–Kier alpha value is -0.260. The molecule has 1 aliphatic rings. The monoisotopic (exact) mass is 296 g/mol. The van der Waals surface area contributed by atoms with Crippen molar-refractivity contribution in [2.45, 2.75) is 16.3 Å². The van der Waals surface area contributed by atoms with E-state index in [0.717, 1.165) is 5.56 Å². The maximum absolute atomic E-state index is 11.2. The summed E-state index contributed by atoms with van der Waals surface area (Å²) in [4.78, 5) is 0.0404. The van der Waals surface area contributed by atoms with Gasteiger partial charge in [0, 0.05) is 22.7 Å². The molecule has 3 nitrogen and oxygen atoms in total. The molecule has 1 unspecified atom stereocenters. The normalized spacial score (nSPS) is 20.3. The van der Waals surface area contributed by atoms with E-state index in [9.17, 15) is 8.42 Å². The van der Waals surface area contributed by atoms with Crippen molar-refractivity contribution < 1.29 is 13.2 Å². The number of fused-ring (bicyclic) bond motifs is 1. The molecule has 14 heavy (non-hydrogen) atoms. The van der Waals surface area contributed by atoms with Crippen LogP contribution in [0.5, 0.6) is 5.75 Å². The Kier molecular flexibility index (Phi) is 2.49.